The minimum atomic E-state index is -0.403. The van der Waals surface area contributed by atoms with Crippen molar-refractivity contribution in [1.29, 1.82) is 0 Å². The van der Waals surface area contributed by atoms with Crippen LogP contribution in [0.2, 0.25) is 10.0 Å². The SMILES string of the molecule is Cc1cc(C(N)c2cc(Cl)ccc2Cl)nc2ccccc12. The molecule has 1 heterocycles. The zero-order chi connectivity index (χ0) is 15.0. The third kappa shape index (κ3) is 2.75. The normalized spacial score (nSPS) is 12.6. The summed E-state index contributed by atoms with van der Waals surface area (Å²) in [6, 6.07) is 14.9. The molecule has 0 spiro atoms. The van der Waals surface area contributed by atoms with E-state index < -0.39 is 6.04 Å². The number of nitrogens with zero attached hydrogens (tertiary/aromatic N) is 1. The summed E-state index contributed by atoms with van der Waals surface area (Å²) in [5, 5.41) is 2.34. The smallest absolute Gasteiger partial charge is 0.0741 e. The maximum atomic E-state index is 6.34. The Bertz CT molecular complexity index is 815. The third-order valence-electron chi connectivity index (χ3n) is 3.55. The lowest BCUT2D eigenvalue weighted by molar-refractivity contribution is 0.834. The van der Waals surface area contributed by atoms with Crippen LogP contribution in [0.4, 0.5) is 0 Å². The van der Waals surface area contributed by atoms with Gasteiger partial charge in [0.2, 0.25) is 0 Å². The Hall–Kier alpha value is -1.61. The topological polar surface area (TPSA) is 38.9 Å². The van der Waals surface area contributed by atoms with Gasteiger partial charge in [-0.1, -0.05) is 41.4 Å². The first-order chi connectivity index (χ1) is 10.1. The van der Waals surface area contributed by atoms with Gasteiger partial charge in [-0.05, 0) is 48.4 Å². The number of para-hydroxylation sites is 1. The second-order valence-corrected chi connectivity index (χ2v) is 5.87. The molecule has 106 valence electrons. The zero-order valence-electron chi connectivity index (χ0n) is 11.5. The predicted octanol–water partition coefficient (Wildman–Crippen LogP) is 4.90. The van der Waals surface area contributed by atoms with Gasteiger partial charge in [-0.2, -0.15) is 0 Å². The molecule has 0 aliphatic carbocycles. The molecular formula is C17H14Cl2N2. The van der Waals surface area contributed by atoms with E-state index in [1.807, 2.05) is 24.3 Å². The molecule has 0 aliphatic heterocycles. The molecule has 0 saturated carbocycles. The highest BCUT2D eigenvalue weighted by atomic mass is 35.5. The monoisotopic (exact) mass is 316 g/mol. The molecule has 3 rings (SSSR count). The van der Waals surface area contributed by atoms with Crippen LogP contribution < -0.4 is 5.73 Å². The molecule has 0 fully saturated rings. The van der Waals surface area contributed by atoms with E-state index in [9.17, 15) is 0 Å². The van der Waals surface area contributed by atoms with Crippen molar-refractivity contribution in [2.24, 2.45) is 5.73 Å². The number of nitrogens with two attached hydrogens (primary N) is 1. The van der Waals surface area contributed by atoms with Crippen LogP contribution in [0.5, 0.6) is 0 Å². The number of pyridine rings is 1. The van der Waals surface area contributed by atoms with E-state index >= 15 is 0 Å². The Morgan fingerprint density at radius 1 is 1.05 bits per heavy atom. The molecule has 0 radical (unpaired) electrons. The molecule has 1 unspecified atom stereocenters. The number of rotatable bonds is 2. The molecule has 0 saturated heterocycles. The van der Waals surface area contributed by atoms with Gasteiger partial charge in [-0.25, -0.2) is 0 Å². The number of aryl methyl sites for hydroxylation is 1. The van der Waals surface area contributed by atoms with Crippen molar-refractivity contribution in [2.75, 3.05) is 0 Å². The Balaban J connectivity index is 2.13. The summed E-state index contributed by atoms with van der Waals surface area (Å²) in [6.07, 6.45) is 0. The van der Waals surface area contributed by atoms with Crippen LogP contribution in [0.25, 0.3) is 10.9 Å². The van der Waals surface area contributed by atoms with Gasteiger partial charge in [0.25, 0.3) is 0 Å². The Labute approximate surface area is 133 Å². The van der Waals surface area contributed by atoms with Crippen LogP contribution in [-0.4, -0.2) is 4.98 Å². The molecule has 0 aliphatic rings. The molecule has 2 nitrogen and oxygen atoms in total. The second kappa shape index (κ2) is 5.64. The molecule has 21 heavy (non-hydrogen) atoms. The summed E-state index contributed by atoms with van der Waals surface area (Å²) in [5.41, 5.74) is 9.99. The summed E-state index contributed by atoms with van der Waals surface area (Å²) in [4.78, 5) is 4.66. The van der Waals surface area contributed by atoms with Gasteiger partial charge in [-0.3, -0.25) is 4.98 Å². The van der Waals surface area contributed by atoms with Crippen LogP contribution >= 0.6 is 23.2 Å². The average Bonchev–Trinajstić information content (AvgIpc) is 2.49. The fourth-order valence-electron chi connectivity index (χ4n) is 2.45. The fraction of sp³-hybridized carbons (Fsp3) is 0.118. The summed E-state index contributed by atoms with van der Waals surface area (Å²) in [6.45, 7) is 2.06. The van der Waals surface area contributed by atoms with Crippen LogP contribution in [-0.2, 0) is 0 Å². The third-order valence-corrected chi connectivity index (χ3v) is 4.13. The average molecular weight is 317 g/mol. The van der Waals surface area contributed by atoms with E-state index in [1.54, 1.807) is 18.2 Å². The number of aromatic nitrogens is 1. The predicted molar refractivity (Wildman–Crippen MR) is 89.0 cm³/mol. The van der Waals surface area contributed by atoms with Gasteiger partial charge in [0, 0.05) is 15.4 Å². The standard InChI is InChI=1S/C17H14Cl2N2/c1-10-8-16(21-15-5-3-2-4-12(10)15)17(20)13-9-11(18)6-7-14(13)19/h2-9,17H,20H2,1H3. The minimum Gasteiger partial charge on any atom is -0.319 e. The van der Waals surface area contributed by atoms with Gasteiger partial charge in [-0.15, -0.1) is 0 Å². The van der Waals surface area contributed by atoms with Crippen molar-refractivity contribution in [3.8, 4) is 0 Å². The van der Waals surface area contributed by atoms with Gasteiger partial charge in [0.15, 0.2) is 0 Å². The van der Waals surface area contributed by atoms with E-state index in [0.717, 1.165) is 27.7 Å². The summed E-state index contributed by atoms with van der Waals surface area (Å²) in [7, 11) is 0. The van der Waals surface area contributed by atoms with Crippen molar-refractivity contribution < 1.29 is 0 Å². The van der Waals surface area contributed by atoms with E-state index in [4.69, 9.17) is 28.9 Å². The van der Waals surface area contributed by atoms with Gasteiger partial charge < -0.3 is 5.73 Å². The number of hydrogen-bond acceptors (Lipinski definition) is 2. The van der Waals surface area contributed by atoms with E-state index in [-0.39, 0.29) is 0 Å². The quantitative estimate of drug-likeness (QED) is 0.730. The van der Waals surface area contributed by atoms with Crippen LogP contribution in [0.15, 0.2) is 48.5 Å². The summed E-state index contributed by atoms with van der Waals surface area (Å²) >= 11 is 12.3. The summed E-state index contributed by atoms with van der Waals surface area (Å²) in [5.74, 6) is 0. The van der Waals surface area contributed by atoms with Crippen LogP contribution in [0.3, 0.4) is 0 Å². The van der Waals surface area contributed by atoms with Crippen molar-refractivity contribution >= 4 is 34.1 Å². The molecule has 3 aromatic rings. The van der Waals surface area contributed by atoms with Crippen molar-refractivity contribution in [3.63, 3.8) is 0 Å². The number of hydrogen-bond donors (Lipinski definition) is 1. The highest BCUT2D eigenvalue weighted by molar-refractivity contribution is 6.33. The minimum absolute atomic E-state index is 0.403. The van der Waals surface area contributed by atoms with Gasteiger partial charge >= 0.3 is 0 Å². The largest absolute Gasteiger partial charge is 0.319 e. The Kier molecular flexibility index (Phi) is 3.85. The molecule has 0 amide bonds. The lowest BCUT2D eigenvalue weighted by Gasteiger charge is -2.15. The van der Waals surface area contributed by atoms with E-state index in [0.29, 0.717) is 10.0 Å². The molecule has 1 aromatic heterocycles. The van der Waals surface area contributed by atoms with Crippen molar-refractivity contribution in [3.05, 3.63) is 75.4 Å². The van der Waals surface area contributed by atoms with Gasteiger partial charge in [0.1, 0.15) is 0 Å². The highest BCUT2D eigenvalue weighted by Crippen LogP contribution is 2.30. The number of benzene rings is 2. The van der Waals surface area contributed by atoms with Crippen LogP contribution in [0, 0.1) is 6.92 Å². The first kappa shape index (κ1) is 14.3. The Morgan fingerprint density at radius 3 is 2.62 bits per heavy atom. The highest BCUT2D eigenvalue weighted by Gasteiger charge is 2.16. The molecule has 0 bridgehead atoms. The maximum Gasteiger partial charge on any atom is 0.0741 e. The number of halogens is 2. The van der Waals surface area contributed by atoms with Crippen molar-refractivity contribution in [1.82, 2.24) is 4.98 Å². The maximum absolute atomic E-state index is 6.34. The lowest BCUT2D eigenvalue weighted by Crippen LogP contribution is -2.14. The first-order valence-electron chi connectivity index (χ1n) is 6.63. The van der Waals surface area contributed by atoms with E-state index in [2.05, 4.69) is 18.0 Å². The molecule has 4 heteroatoms. The molecule has 2 N–H and O–H groups in total. The van der Waals surface area contributed by atoms with Crippen molar-refractivity contribution in [2.45, 2.75) is 13.0 Å². The second-order valence-electron chi connectivity index (χ2n) is 5.02. The first-order valence-corrected chi connectivity index (χ1v) is 7.38. The molecule has 1 atom stereocenters. The fourth-order valence-corrected chi connectivity index (χ4v) is 2.86. The molecular weight excluding hydrogens is 303 g/mol. The zero-order valence-corrected chi connectivity index (χ0v) is 13.0. The molecule has 2 aromatic carbocycles. The Morgan fingerprint density at radius 2 is 1.81 bits per heavy atom. The number of fused-ring (bicyclic) bond motifs is 1. The summed E-state index contributed by atoms with van der Waals surface area (Å²) < 4.78 is 0. The van der Waals surface area contributed by atoms with Crippen LogP contribution in [0.1, 0.15) is 22.9 Å². The lowest BCUT2D eigenvalue weighted by atomic mass is 10.0. The van der Waals surface area contributed by atoms with E-state index in [1.165, 1.54) is 0 Å². The van der Waals surface area contributed by atoms with Gasteiger partial charge in [0.05, 0.1) is 17.3 Å².